The van der Waals surface area contributed by atoms with Crippen molar-refractivity contribution in [3.05, 3.63) is 57.3 Å². The highest BCUT2D eigenvalue weighted by atomic mass is 32.1. The van der Waals surface area contributed by atoms with Crippen LogP contribution in [0.25, 0.3) is 0 Å². The van der Waals surface area contributed by atoms with Crippen LogP contribution in [0.5, 0.6) is 0 Å². The average molecular weight is 240 g/mol. The number of aliphatic hydroxyl groups is 1. The van der Waals surface area contributed by atoms with E-state index in [1.807, 2.05) is 0 Å². The van der Waals surface area contributed by atoms with E-state index in [-0.39, 0.29) is 5.56 Å². The van der Waals surface area contributed by atoms with Gasteiger partial charge in [-0.15, -0.1) is 0 Å². The van der Waals surface area contributed by atoms with Crippen LogP contribution in [0, 0.1) is 18.6 Å². The molecule has 0 saturated carbocycles. The molecule has 0 aliphatic carbocycles. The number of hydrogen-bond donors (Lipinski definition) is 1. The predicted octanol–water partition coefficient (Wildman–Crippen LogP) is 3.42. The Balaban J connectivity index is 2.44. The van der Waals surface area contributed by atoms with Gasteiger partial charge in [0, 0.05) is 11.6 Å². The van der Waals surface area contributed by atoms with Crippen molar-refractivity contribution in [2.24, 2.45) is 0 Å². The van der Waals surface area contributed by atoms with Gasteiger partial charge in [0.25, 0.3) is 0 Å². The fraction of sp³-hybridized carbons (Fsp3) is 0.167. The molecular weight excluding hydrogens is 230 g/mol. The molecule has 4 heteroatoms. The van der Waals surface area contributed by atoms with E-state index < -0.39 is 17.7 Å². The highest BCUT2D eigenvalue weighted by molar-refractivity contribution is 7.07. The Morgan fingerprint density at radius 3 is 2.62 bits per heavy atom. The molecule has 1 atom stereocenters. The molecule has 0 bridgehead atoms. The van der Waals surface area contributed by atoms with Crippen LogP contribution in [0.2, 0.25) is 0 Å². The molecule has 1 N–H and O–H groups in total. The summed E-state index contributed by atoms with van der Waals surface area (Å²) in [5.74, 6) is -1.32. The Kier molecular flexibility index (Phi) is 3.03. The van der Waals surface area contributed by atoms with Gasteiger partial charge in [0.05, 0.1) is 0 Å². The first-order valence-electron chi connectivity index (χ1n) is 4.75. The van der Waals surface area contributed by atoms with Crippen molar-refractivity contribution in [2.75, 3.05) is 0 Å². The van der Waals surface area contributed by atoms with Gasteiger partial charge in [0.2, 0.25) is 0 Å². The van der Waals surface area contributed by atoms with Crippen LogP contribution in [0.1, 0.15) is 22.8 Å². The largest absolute Gasteiger partial charge is 0.384 e. The zero-order chi connectivity index (χ0) is 11.7. The third-order valence-electron chi connectivity index (χ3n) is 2.43. The predicted molar refractivity (Wildman–Crippen MR) is 59.5 cm³/mol. The molecule has 0 amide bonds. The Labute approximate surface area is 96.0 Å². The summed E-state index contributed by atoms with van der Waals surface area (Å²) in [5, 5.41) is 13.5. The zero-order valence-corrected chi connectivity index (χ0v) is 9.39. The monoisotopic (exact) mass is 240 g/mol. The van der Waals surface area contributed by atoms with Gasteiger partial charge in [-0.1, -0.05) is 0 Å². The van der Waals surface area contributed by atoms with E-state index in [2.05, 4.69) is 0 Å². The second-order valence-corrected chi connectivity index (χ2v) is 4.36. The lowest BCUT2D eigenvalue weighted by Gasteiger charge is -2.11. The van der Waals surface area contributed by atoms with E-state index in [4.69, 9.17) is 0 Å². The number of aliphatic hydroxyl groups excluding tert-OH is 1. The summed E-state index contributed by atoms with van der Waals surface area (Å²) in [6.07, 6.45) is -1.04. The van der Waals surface area contributed by atoms with Gasteiger partial charge in [0.1, 0.15) is 17.7 Å². The molecule has 2 aromatic rings. The second-order valence-electron chi connectivity index (χ2n) is 3.58. The zero-order valence-electron chi connectivity index (χ0n) is 8.58. The van der Waals surface area contributed by atoms with E-state index in [1.165, 1.54) is 17.4 Å². The molecule has 1 heterocycles. The van der Waals surface area contributed by atoms with Crippen molar-refractivity contribution in [1.82, 2.24) is 0 Å². The molecular formula is C12H10F2OS. The normalized spacial score (nSPS) is 12.8. The van der Waals surface area contributed by atoms with E-state index in [9.17, 15) is 13.9 Å². The van der Waals surface area contributed by atoms with E-state index in [1.54, 1.807) is 23.8 Å². The summed E-state index contributed by atoms with van der Waals surface area (Å²) in [6.45, 7) is 1.54. The minimum Gasteiger partial charge on any atom is -0.384 e. The lowest BCUT2D eigenvalue weighted by atomic mass is 10.0. The maximum Gasteiger partial charge on any atom is 0.132 e. The van der Waals surface area contributed by atoms with E-state index in [0.29, 0.717) is 11.1 Å². The number of halogens is 2. The van der Waals surface area contributed by atoms with Crippen LogP contribution in [0.15, 0.2) is 29.0 Å². The maximum atomic E-state index is 13.5. The molecule has 0 saturated heterocycles. The molecule has 1 aromatic heterocycles. The Morgan fingerprint density at radius 2 is 2.00 bits per heavy atom. The molecule has 16 heavy (non-hydrogen) atoms. The first-order chi connectivity index (χ1) is 7.59. The molecule has 2 rings (SSSR count). The standard InChI is InChI=1S/C12H10F2OS/c1-7-4-9(11(14)5-10(7)13)12(15)8-2-3-16-6-8/h2-6,12,15H,1H3. The van der Waals surface area contributed by atoms with Gasteiger partial charge in [-0.2, -0.15) is 11.3 Å². The van der Waals surface area contributed by atoms with Crippen LogP contribution in [-0.2, 0) is 0 Å². The quantitative estimate of drug-likeness (QED) is 0.852. The average Bonchev–Trinajstić information content (AvgIpc) is 2.75. The van der Waals surface area contributed by atoms with E-state index in [0.717, 1.165) is 6.07 Å². The Bertz CT molecular complexity index is 494. The van der Waals surface area contributed by atoms with Crippen molar-refractivity contribution in [2.45, 2.75) is 13.0 Å². The van der Waals surface area contributed by atoms with Crippen molar-refractivity contribution in [1.29, 1.82) is 0 Å². The number of hydrogen-bond acceptors (Lipinski definition) is 2. The van der Waals surface area contributed by atoms with Crippen LogP contribution in [-0.4, -0.2) is 5.11 Å². The van der Waals surface area contributed by atoms with E-state index >= 15 is 0 Å². The van der Waals surface area contributed by atoms with Crippen molar-refractivity contribution in [3.63, 3.8) is 0 Å². The smallest absolute Gasteiger partial charge is 0.132 e. The van der Waals surface area contributed by atoms with Gasteiger partial charge < -0.3 is 5.11 Å². The number of benzene rings is 1. The summed E-state index contributed by atoms with van der Waals surface area (Å²) >= 11 is 1.42. The molecule has 1 unspecified atom stereocenters. The minimum absolute atomic E-state index is 0.109. The fourth-order valence-electron chi connectivity index (χ4n) is 1.50. The van der Waals surface area contributed by atoms with Crippen molar-refractivity contribution in [3.8, 4) is 0 Å². The van der Waals surface area contributed by atoms with Crippen LogP contribution >= 0.6 is 11.3 Å². The topological polar surface area (TPSA) is 20.2 Å². The molecule has 84 valence electrons. The van der Waals surface area contributed by atoms with Gasteiger partial charge in [0.15, 0.2) is 0 Å². The highest BCUT2D eigenvalue weighted by Gasteiger charge is 2.17. The van der Waals surface area contributed by atoms with Crippen LogP contribution < -0.4 is 0 Å². The number of thiophene rings is 1. The summed E-state index contributed by atoms with van der Waals surface area (Å²) in [6, 6.07) is 3.86. The Morgan fingerprint density at radius 1 is 1.25 bits per heavy atom. The van der Waals surface area contributed by atoms with Gasteiger partial charge in [-0.05, 0) is 40.9 Å². The highest BCUT2D eigenvalue weighted by Crippen LogP contribution is 2.27. The second kappa shape index (κ2) is 4.31. The fourth-order valence-corrected chi connectivity index (χ4v) is 2.18. The SMILES string of the molecule is Cc1cc(C(O)c2ccsc2)c(F)cc1F. The molecule has 1 nitrogen and oxygen atoms in total. The molecule has 0 radical (unpaired) electrons. The molecule has 0 fully saturated rings. The molecule has 1 aromatic carbocycles. The van der Waals surface area contributed by atoms with Crippen LogP contribution in [0.4, 0.5) is 8.78 Å². The third-order valence-corrected chi connectivity index (χ3v) is 3.13. The maximum absolute atomic E-state index is 13.5. The lowest BCUT2D eigenvalue weighted by molar-refractivity contribution is 0.215. The van der Waals surface area contributed by atoms with Crippen LogP contribution in [0.3, 0.4) is 0 Å². The minimum atomic E-state index is -1.04. The number of aryl methyl sites for hydroxylation is 1. The van der Waals surface area contributed by atoms with Gasteiger partial charge in [-0.25, -0.2) is 8.78 Å². The Hall–Kier alpha value is -1.26. The van der Waals surface area contributed by atoms with Crippen molar-refractivity contribution >= 4 is 11.3 Å². The summed E-state index contributed by atoms with van der Waals surface area (Å²) in [7, 11) is 0. The molecule has 0 aliphatic heterocycles. The van der Waals surface area contributed by atoms with Gasteiger partial charge >= 0.3 is 0 Å². The summed E-state index contributed by atoms with van der Waals surface area (Å²) < 4.78 is 26.5. The summed E-state index contributed by atoms with van der Waals surface area (Å²) in [5.41, 5.74) is 1.05. The summed E-state index contributed by atoms with van der Waals surface area (Å²) in [4.78, 5) is 0. The van der Waals surface area contributed by atoms with Crippen molar-refractivity contribution < 1.29 is 13.9 Å². The molecule has 0 spiro atoms. The van der Waals surface area contributed by atoms with Gasteiger partial charge in [-0.3, -0.25) is 0 Å². The first kappa shape index (κ1) is 11.2. The first-order valence-corrected chi connectivity index (χ1v) is 5.69. The molecule has 0 aliphatic rings. The number of rotatable bonds is 2. The lowest BCUT2D eigenvalue weighted by Crippen LogP contribution is -2.03. The third kappa shape index (κ3) is 1.99.